The molecule has 2 nitrogen and oxygen atoms in total. The fourth-order valence-electron chi connectivity index (χ4n) is 5.41. The van der Waals surface area contributed by atoms with E-state index in [1.165, 1.54) is 44.1 Å². The first kappa shape index (κ1) is 15.7. The minimum absolute atomic E-state index is 0.366. The zero-order chi connectivity index (χ0) is 16.0. The molecule has 3 saturated carbocycles. The first-order chi connectivity index (χ1) is 11.1. The Bertz CT molecular complexity index is 554. The molecule has 2 unspecified atom stereocenters. The summed E-state index contributed by atoms with van der Waals surface area (Å²) >= 11 is 0. The molecule has 0 aromatic rings. The maximum Gasteiger partial charge on any atom is 0.0602 e. The molecular weight excluding hydrogens is 284 g/mol. The first-order valence-electron chi connectivity index (χ1n) is 9.51. The summed E-state index contributed by atoms with van der Waals surface area (Å²) < 4.78 is 0. The summed E-state index contributed by atoms with van der Waals surface area (Å²) in [6, 6.07) is 0. The van der Waals surface area contributed by atoms with Gasteiger partial charge in [-0.15, -0.1) is 0 Å². The molecule has 23 heavy (non-hydrogen) atoms. The van der Waals surface area contributed by atoms with Crippen molar-refractivity contribution >= 4 is 0 Å². The van der Waals surface area contributed by atoms with Crippen LogP contribution in [0, 0.1) is 17.3 Å². The van der Waals surface area contributed by atoms with Gasteiger partial charge in [0.25, 0.3) is 0 Å². The van der Waals surface area contributed by atoms with Crippen molar-refractivity contribution in [1.29, 1.82) is 0 Å². The molecule has 4 aliphatic rings. The Balaban J connectivity index is 1.53. The summed E-state index contributed by atoms with van der Waals surface area (Å²) in [5.74, 6) is 1.59. The third kappa shape index (κ3) is 2.96. The largest absolute Gasteiger partial charge is 0.393 e. The standard InChI is InChI=1S/C21H30O2/c1-21-10-2-3-15(19(21)8-9-20(21)16-6-7-16)5-4-14-11-17(22)13-18(23)12-14/h4-5,9,16-19,22-23H,2-3,6-8,10-13H2,1H3/b14-4-,15-5+/t17?,18-,19?,21+/m1/s1. The molecule has 126 valence electrons. The summed E-state index contributed by atoms with van der Waals surface area (Å²) in [7, 11) is 0. The average Bonchev–Trinajstić information content (AvgIpc) is 3.26. The van der Waals surface area contributed by atoms with E-state index in [0.29, 0.717) is 17.8 Å². The molecule has 3 fully saturated rings. The molecule has 0 aliphatic heterocycles. The van der Waals surface area contributed by atoms with Crippen molar-refractivity contribution < 1.29 is 10.2 Å². The van der Waals surface area contributed by atoms with Crippen LogP contribution >= 0.6 is 0 Å². The van der Waals surface area contributed by atoms with Crippen molar-refractivity contribution in [3.8, 4) is 0 Å². The highest BCUT2D eigenvalue weighted by Crippen LogP contribution is 2.60. The van der Waals surface area contributed by atoms with E-state index < -0.39 is 0 Å². The van der Waals surface area contributed by atoms with Crippen LogP contribution < -0.4 is 0 Å². The summed E-state index contributed by atoms with van der Waals surface area (Å²) in [5, 5.41) is 19.7. The van der Waals surface area contributed by atoms with Gasteiger partial charge in [0.1, 0.15) is 0 Å². The monoisotopic (exact) mass is 314 g/mol. The predicted octanol–water partition coefficient (Wildman–Crippen LogP) is 4.29. The van der Waals surface area contributed by atoms with Gasteiger partial charge in [0, 0.05) is 0 Å². The van der Waals surface area contributed by atoms with Crippen LogP contribution in [0.25, 0.3) is 0 Å². The van der Waals surface area contributed by atoms with E-state index in [4.69, 9.17) is 0 Å². The van der Waals surface area contributed by atoms with E-state index in [1.54, 1.807) is 11.1 Å². The van der Waals surface area contributed by atoms with Crippen molar-refractivity contribution in [3.63, 3.8) is 0 Å². The lowest BCUT2D eigenvalue weighted by Crippen LogP contribution is -2.31. The zero-order valence-electron chi connectivity index (χ0n) is 14.3. The van der Waals surface area contributed by atoms with Crippen LogP contribution in [-0.2, 0) is 0 Å². The molecular formula is C21H30O2. The third-order valence-corrected chi connectivity index (χ3v) is 6.70. The third-order valence-electron chi connectivity index (χ3n) is 6.70. The molecule has 0 spiro atoms. The van der Waals surface area contributed by atoms with Gasteiger partial charge in [-0.05, 0) is 75.0 Å². The van der Waals surface area contributed by atoms with Gasteiger partial charge in [-0.3, -0.25) is 0 Å². The average molecular weight is 314 g/mol. The number of aliphatic hydroxyl groups excluding tert-OH is 2. The van der Waals surface area contributed by atoms with E-state index in [-0.39, 0.29) is 12.2 Å². The quantitative estimate of drug-likeness (QED) is 0.746. The Morgan fingerprint density at radius 1 is 1.13 bits per heavy atom. The molecule has 0 saturated heterocycles. The molecule has 4 atom stereocenters. The fraction of sp³-hybridized carbons (Fsp3) is 0.714. The van der Waals surface area contributed by atoms with Crippen molar-refractivity contribution in [2.75, 3.05) is 0 Å². The number of allylic oxidation sites excluding steroid dienone is 5. The van der Waals surface area contributed by atoms with E-state index in [0.717, 1.165) is 18.8 Å². The lowest BCUT2D eigenvalue weighted by Gasteiger charge is -2.41. The maximum absolute atomic E-state index is 9.85. The summed E-state index contributed by atoms with van der Waals surface area (Å²) in [4.78, 5) is 0. The second-order valence-corrected chi connectivity index (χ2v) is 8.51. The highest BCUT2D eigenvalue weighted by molar-refractivity contribution is 5.36. The van der Waals surface area contributed by atoms with Crippen molar-refractivity contribution in [2.24, 2.45) is 17.3 Å². The molecule has 0 radical (unpaired) electrons. The Kier molecular flexibility index (Phi) is 4.01. The van der Waals surface area contributed by atoms with Crippen molar-refractivity contribution in [2.45, 2.75) is 76.9 Å². The molecule has 0 aromatic heterocycles. The van der Waals surface area contributed by atoms with Gasteiger partial charge < -0.3 is 10.2 Å². The van der Waals surface area contributed by atoms with Crippen LogP contribution in [0.4, 0.5) is 0 Å². The fourth-order valence-corrected chi connectivity index (χ4v) is 5.41. The minimum Gasteiger partial charge on any atom is -0.393 e. The number of hydrogen-bond acceptors (Lipinski definition) is 2. The Morgan fingerprint density at radius 2 is 1.87 bits per heavy atom. The van der Waals surface area contributed by atoms with Crippen LogP contribution in [0.15, 0.2) is 34.9 Å². The Morgan fingerprint density at radius 3 is 2.57 bits per heavy atom. The minimum atomic E-state index is -0.366. The molecule has 4 aliphatic carbocycles. The number of hydrogen-bond donors (Lipinski definition) is 2. The van der Waals surface area contributed by atoms with Gasteiger partial charge in [0.15, 0.2) is 0 Å². The highest BCUT2D eigenvalue weighted by Gasteiger charge is 2.48. The second kappa shape index (κ2) is 5.89. The number of rotatable bonds is 2. The van der Waals surface area contributed by atoms with Crippen LogP contribution in [-0.4, -0.2) is 22.4 Å². The van der Waals surface area contributed by atoms with E-state index in [1.807, 2.05) is 0 Å². The zero-order valence-corrected chi connectivity index (χ0v) is 14.3. The van der Waals surface area contributed by atoms with Crippen LogP contribution in [0.5, 0.6) is 0 Å². The van der Waals surface area contributed by atoms with E-state index in [9.17, 15) is 10.2 Å². The molecule has 0 heterocycles. The molecule has 0 amide bonds. The summed E-state index contributed by atoms with van der Waals surface area (Å²) in [6.07, 6.45) is 16.3. The predicted molar refractivity (Wildman–Crippen MR) is 92.9 cm³/mol. The van der Waals surface area contributed by atoms with Crippen molar-refractivity contribution in [3.05, 3.63) is 34.9 Å². The molecule has 0 aromatic carbocycles. The van der Waals surface area contributed by atoms with Crippen LogP contribution in [0.2, 0.25) is 0 Å². The van der Waals surface area contributed by atoms with Gasteiger partial charge in [-0.2, -0.15) is 0 Å². The molecule has 2 heteroatoms. The Labute approximate surface area is 140 Å². The highest BCUT2D eigenvalue weighted by atomic mass is 16.3. The molecule has 2 N–H and O–H groups in total. The van der Waals surface area contributed by atoms with E-state index >= 15 is 0 Å². The summed E-state index contributed by atoms with van der Waals surface area (Å²) in [6.45, 7) is 2.50. The van der Waals surface area contributed by atoms with Gasteiger partial charge in [-0.25, -0.2) is 0 Å². The van der Waals surface area contributed by atoms with Gasteiger partial charge in [0.2, 0.25) is 0 Å². The summed E-state index contributed by atoms with van der Waals surface area (Å²) in [5.41, 5.74) is 5.00. The van der Waals surface area contributed by atoms with Crippen LogP contribution in [0.3, 0.4) is 0 Å². The van der Waals surface area contributed by atoms with Gasteiger partial charge in [-0.1, -0.05) is 41.9 Å². The number of aliphatic hydroxyl groups is 2. The molecule has 4 rings (SSSR count). The van der Waals surface area contributed by atoms with E-state index in [2.05, 4.69) is 25.2 Å². The topological polar surface area (TPSA) is 40.5 Å². The lowest BCUT2D eigenvalue weighted by molar-refractivity contribution is 0.0609. The first-order valence-corrected chi connectivity index (χ1v) is 9.51. The molecule has 0 bridgehead atoms. The normalized spacial score (nSPS) is 44.5. The SMILES string of the molecule is C[C@]12CCC/C(=C\C=C3\CC(O)C[C@H](O)C3)C1CC=C2C1CC1. The van der Waals surface area contributed by atoms with Crippen molar-refractivity contribution in [1.82, 2.24) is 0 Å². The lowest BCUT2D eigenvalue weighted by atomic mass is 9.63. The number of fused-ring (bicyclic) bond motifs is 1. The van der Waals surface area contributed by atoms with Gasteiger partial charge in [0.05, 0.1) is 12.2 Å². The van der Waals surface area contributed by atoms with Crippen LogP contribution in [0.1, 0.15) is 64.7 Å². The Hall–Kier alpha value is -0.860. The van der Waals surface area contributed by atoms with Gasteiger partial charge >= 0.3 is 0 Å². The second-order valence-electron chi connectivity index (χ2n) is 8.51. The smallest absolute Gasteiger partial charge is 0.0602 e. The maximum atomic E-state index is 9.85.